The SMILES string of the molecule is COc1ccc(-c2noc(CN(C)C(=O)c3ccc(S(=O)(=O)N4CCCC4)cc3)n2)cc1. The summed E-state index contributed by atoms with van der Waals surface area (Å²) in [5, 5.41) is 3.97. The maximum atomic E-state index is 12.8. The highest BCUT2D eigenvalue weighted by molar-refractivity contribution is 7.89. The Morgan fingerprint density at radius 1 is 1.09 bits per heavy atom. The Balaban J connectivity index is 1.42. The molecule has 0 N–H and O–H groups in total. The van der Waals surface area contributed by atoms with Crippen molar-refractivity contribution in [1.82, 2.24) is 19.3 Å². The van der Waals surface area contributed by atoms with Crippen LogP contribution in [0.5, 0.6) is 5.75 Å². The fourth-order valence-electron chi connectivity index (χ4n) is 3.52. The minimum absolute atomic E-state index is 0.121. The topological polar surface area (TPSA) is 106 Å². The molecule has 10 heteroatoms. The Morgan fingerprint density at radius 2 is 1.75 bits per heavy atom. The molecule has 168 valence electrons. The highest BCUT2D eigenvalue weighted by atomic mass is 32.2. The molecule has 0 radical (unpaired) electrons. The summed E-state index contributed by atoms with van der Waals surface area (Å²) in [4.78, 5) is 18.8. The Kier molecular flexibility index (Phi) is 6.24. The van der Waals surface area contributed by atoms with Gasteiger partial charge in [-0.15, -0.1) is 0 Å². The lowest BCUT2D eigenvalue weighted by molar-refractivity contribution is 0.0769. The Labute approximate surface area is 186 Å². The first-order chi connectivity index (χ1) is 15.4. The van der Waals surface area contributed by atoms with Crippen LogP contribution in [0.15, 0.2) is 57.9 Å². The first kappa shape index (κ1) is 22.0. The van der Waals surface area contributed by atoms with E-state index < -0.39 is 10.0 Å². The van der Waals surface area contributed by atoms with Crippen LogP contribution in [-0.4, -0.2) is 60.9 Å². The van der Waals surface area contributed by atoms with Gasteiger partial charge in [-0.1, -0.05) is 5.16 Å². The summed E-state index contributed by atoms with van der Waals surface area (Å²) >= 11 is 0. The van der Waals surface area contributed by atoms with Gasteiger partial charge in [-0.25, -0.2) is 8.42 Å². The molecule has 0 aliphatic carbocycles. The van der Waals surface area contributed by atoms with Crippen LogP contribution in [0.25, 0.3) is 11.4 Å². The van der Waals surface area contributed by atoms with Crippen molar-refractivity contribution in [3.05, 3.63) is 60.0 Å². The zero-order chi connectivity index (χ0) is 22.7. The molecule has 4 rings (SSSR count). The van der Waals surface area contributed by atoms with E-state index in [0.29, 0.717) is 30.4 Å². The summed E-state index contributed by atoms with van der Waals surface area (Å²) in [6.45, 7) is 1.19. The van der Waals surface area contributed by atoms with Crippen LogP contribution in [0.2, 0.25) is 0 Å². The van der Waals surface area contributed by atoms with Crippen LogP contribution in [0.3, 0.4) is 0 Å². The van der Waals surface area contributed by atoms with E-state index in [4.69, 9.17) is 9.26 Å². The van der Waals surface area contributed by atoms with Gasteiger partial charge in [0.15, 0.2) is 0 Å². The van der Waals surface area contributed by atoms with Gasteiger partial charge in [-0.2, -0.15) is 9.29 Å². The number of carbonyl (C=O) groups excluding carboxylic acids is 1. The lowest BCUT2D eigenvalue weighted by atomic mass is 10.2. The van der Waals surface area contributed by atoms with E-state index in [-0.39, 0.29) is 17.3 Å². The van der Waals surface area contributed by atoms with Gasteiger partial charge in [-0.3, -0.25) is 4.79 Å². The molecular weight excluding hydrogens is 432 g/mol. The number of sulfonamides is 1. The standard InChI is InChI=1S/C22H24N4O5S/c1-25(15-20-23-21(24-31-20)16-5-9-18(30-2)10-6-16)22(27)17-7-11-19(12-8-17)32(28,29)26-13-3-4-14-26/h5-12H,3-4,13-15H2,1-2H3. The second-order valence-electron chi connectivity index (χ2n) is 7.54. The van der Waals surface area contributed by atoms with Gasteiger partial charge in [0.25, 0.3) is 5.91 Å². The van der Waals surface area contributed by atoms with E-state index in [0.717, 1.165) is 24.2 Å². The van der Waals surface area contributed by atoms with Gasteiger partial charge in [0.05, 0.1) is 18.6 Å². The Hall–Kier alpha value is -3.24. The normalized spacial score (nSPS) is 14.4. The molecule has 1 aromatic heterocycles. The van der Waals surface area contributed by atoms with Gasteiger partial charge < -0.3 is 14.2 Å². The number of aromatic nitrogens is 2. The molecule has 0 atom stereocenters. The molecule has 9 nitrogen and oxygen atoms in total. The first-order valence-corrected chi connectivity index (χ1v) is 11.6. The summed E-state index contributed by atoms with van der Waals surface area (Å²) in [6.07, 6.45) is 1.74. The molecule has 2 heterocycles. The van der Waals surface area contributed by atoms with Crippen molar-refractivity contribution in [3.63, 3.8) is 0 Å². The van der Waals surface area contributed by atoms with Gasteiger partial charge in [0.1, 0.15) is 5.75 Å². The molecule has 1 fully saturated rings. The number of rotatable bonds is 7. The molecule has 0 saturated carbocycles. The average Bonchev–Trinajstić information content (AvgIpc) is 3.52. The van der Waals surface area contributed by atoms with E-state index in [1.807, 2.05) is 12.1 Å². The Bertz CT molecular complexity index is 1180. The van der Waals surface area contributed by atoms with Crippen molar-refractivity contribution in [1.29, 1.82) is 0 Å². The van der Waals surface area contributed by atoms with Crippen molar-refractivity contribution in [2.24, 2.45) is 0 Å². The average molecular weight is 457 g/mol. The van der Waals surface area contributed by atoms with Crippen LogP contribution >= 0.6 is 0 Å². The fraction of sp³-hybridized carbons (Fsp3) is 0.318. The predicted molar refractivity (Wildman–Crippen MR) is 117 cm³/mol. The summed E-state index contributed by atoms with van der Waals surface area (Å²) in [6, 6.07) is 13.2. The summed E-state index contributed by atoms with van der Waals surface area (Å²) in [5.74, 6) is 1.15. The summed E-state index contributed by atoms with van der Waals surface area (Å²) in [5.41, 5.74) is 1.15. The quantitative estimate of drug-likeness (QED) is 0.538. The Morgan fingerprint density at radius 3 is 2.38 bits per heavy atom. The predicted octanol–water partition coefficient (Wildman–Crippen LogP) is 2.80. The van der Waals surface area contributed by atoms with Gasteiger partial charge in [-0.05, 0) is 61.4 Å². The van der Waals surface area contributed by atoms with Crippen LogP contribution < -0.4 is 4.74 Å². The molecule has 3 aromatic rings. The molecule has 1 aliphatic rings. The lowest BCUT2D eigenvalue weighted by Gasteiger charge is -2.17. The molecule has 0 bridgehead atoms. The van der Waals surface area contributed by atoms with Gasteiger partial charge in [0, 0.05) is 31.3 Å². The molecule has 0 spiro atoms. The molecule has 1 aliphatic heterocycles. The van der Waals surface area contributed by atoms with Crippen molar-refractivity contribution in [2.45, 2.75) is 24.3 Å². The van der Waals surface area contributed by atoms with Crippen LogP contribution in [-0.2, 0) is 16.6 Å². The lowest BCUT2D eigenvalue weighted by Crippen LogP contribution is -2.28. The maximum absolute atomic E-state index is 12.8. The molecule has 2 aromatic carbocycles. The number of benzene rings is 2. The zero-order valence-electron chi connectivity index (χ0n) is 17.9. The largest absolute Gasteiger partial charge is 0.497 e. The second-order valence-corrected chi connectivity index (χ2v) is 9.47. The smallest absolute Gasteiger partial charge is 0.254 e. The number of hydrogen-bond acceptors (Lipinski definition) is 7. The molecular formula is C22H24N4O5S. The third kappa shape index (κ3) is 4.51. The number of amides is 1. The van der Waals surface area contributed by atoms with Gasteiger partial charge >= 0.3 is 0 Å². The zero-order valence-corrected chi connectivity index (χ0v) is 18.7. The van der Waals surface area contributed by atoms with Crippen LogP contribution in [0.4, 0.5) is 0 Å². The minimum atomic E-state index is -3.51. The number of methoxy groups -OCH3 is 1. The third-order valence-corrected chi connectivity index (χ3v) is 7.25. The van der Waals surface area contributed by atoms with Crippen LogP contribution in [0.1, 0.15) is 29.1 Å². The van der Waals surface area contributed by atoms with Crippen LogP contribution in [0, 0.1) is 0 Å². The van der Waals surface area contributed by atoms with Crippen molar-refractivity contribution >= 4 is 15.9 Å². The number of carbonyl (C=O) groups is 1. The highest BCUT2D eigenvalue weighted by Crippen LogP contribution is 2.22. The number of nitrogens with zero attached hydrogens (tertiary/aromatic N) is 4. The van der Waals surface area contributed by atoms with E-state index in [1.54, 1.807) is 26.3 Å². The molecule has 32 heavy (non-hydrogen) atoms. The van der Waals surface area contributed by atoms with Crippen molar-refractivity contribution in [2.75, 3.05) is 27.2 Å². The fourth-order valence-corrected chi connectivity index (χ4v) is 5.04. The van der Waals surface area contributed by atoms with Crippen molar-refractivity contribution in [3.8, 4) is 17.1 Å². The summed E-state index contributed by atoms with van der Waals surface area (Å²) in [7, 11) is -0.300. The van der Waals surface area contributed by atoms with Crippen molar-refractivity contribution < 1.29 is 22.5 Å². The van der Waals surface area contributed by atoms with E-state index in [2.05, 4.69) is 10.1 Å². The molecule has 1 saturated heterocycles. The van der Waals surface area contributed by atoms with E-state index in [9.17, 15) is 13.2 Å². The third-order valence-electron chi connectivity index (χ3n) is 5.34. The number of ether oxygens (including phenoxy) is 1. The van der Waals surface area contributed by atoms with E-state index in [1.165, 1.54) is 33.5 Å². The first-order valence-electron chi connectivity index (χ1n) is 10.2. The molecule has 0 unspecified atom stereocenters. The van der Waals surface area contributed by atoms with Gasteiger partial charge in [0.2, 0.25) is 21.7 Å². The summed E-state index contributed by atoms with van der Waals surface area (Å²) < 4.78 is 37.2. The second kappa shape index (κ2) is 9.09. The molecule has 1 amide bonds. The monoisotopic (exact) mass is 456 g/mol. The maximum Gasteiger partial charge on any atom is 0.254 e. The minimum Gasteiger partial charge on any atom is -0.497 e. The number of hydrogen-bond donors (Lipinski definition) is 0. The highest BCUT2D eigenvalue weighted by Gasteiger charge is 2.27. The van der Waals surface area contributed by atoms with E-state index >= 15 is 0 Å².